The van der Waals surface area contributed by atoms with Gasteiger partial charge in [0.15, 0.2) is 0 Å². The van der Waals surface area contributed by atoms with E-state index in [-0.39, 0.29) is 11.9 Å². The average Bonchev–Trinajstić information content (AvgIpc) is 2.66. The molecule has 1 aromatic heterocycles. The van der Waals surface area contributed by atoms with Gasteiger partial charge in [0.2, 0.25) is 11.9 Å². The number of anilines is 1. The normalized spacial score (nSPS) is 17.3. The van der Waals surface area contributed by atoms with Crippen molar-refractivity contribution in [3.8, 4) is 0 Å². The van der Waals surface area contributed by atoms with Crippen LogP contribution in [0.1, 0.15) is 24.1 Å². The molecular weight excluding hydrogens is 404 g/mol. The maximum absolute atomic E-state index is 12.6. The molecule has 1 aliphatic heterocycles. The fourth-order valence-corrected chi connectivity index (χ4v) is 3.83. The Morgan fingerprint density at radius 3 is 2.78 bits per heavy atom. The zero-order valence-electron chi connectivity index (χ0n) is 15.2. The number of benzene rings is 2. The highest BCUT2D eigenvalue weighted by Crippen LogP contribution is 2.23. The van der Waals surface area contributed by atoms with Gasteiger partial charge in [0, 0.05) is 35.4 Å². The molecule has 1 unspecified atom stereocenters. The number of hydrogen-bond acceptors (Lipinski definition) is 4. The minimum Gasteiger partial charge on any atom is -0.351 e. The van der Waals surface area contributed by atoms with Crippen LogP contribution in [0.3, 0.4) is 0 Å². The van der Waals surface area contributed by atoms with Gasteiger partial charge in [-0.15, -0.1) is 0 Å². The van der Waals surface area contributed by atoms with Gasteiger partial charge < -0.3 is 10.2 Å². The van der Waals surface area contributed by atoms with E-state index in [4.69, 9.17) is 0 Å². The molecule has 1 saturated heterocycles. The van der Waals surface area contributed by atoms with Crippen LogP contribution in [0.4, 0.5) is 5.95 Å². The summed E-state index contributed by atoms with van der Waals surface area (Å²) in [5, 5.41) is 4.39. The third-order valence-electron chi connectivity index (χ3n) is 4.92. The van der Waals surface area contributed by atoms with Gasteiger partial charge in [0.25, 0.3) is 0 Å². The average molecular weight is 425 g/mol. The zero-order valence-corrected chi connectivity index (χ0v) is 16.7. The molecular formula is C21H21BrN4O. The summed E-state index contributed by atoms with van der Waals surface area (Å²) in [6.45, 7) is 3.40. The molecule has 1 N–H and O–H groups in total. The number of halogens is 1. The van der Waals surface area contributed by atoms with Crippen LogP contribution < -0.4 is 5.32 Å². The standard InChI is InChI=1S/C21H21BrN4O/c1-14-18-11-16(22)7-8-19(18)25-21(23-14)24-17-9-10-26(20(27)12-17)13-15-5-3-2-4-6-15/h2-8,11,17H,9-10,12-13H2,1H3,(H,23,24,25). The van der Waals surface area contributed by atoms with Crippen molar-refractivity contribution >= 4 is 38.7 Å². The molecule has 4 rings (SSSR count). The van der Waals surface area contributed by atoms with Gasteiger partial charge >= 0.3 is 0 Å². The Kier molecular flexibility index (Phi) is 5.07. The van der Waals surface area contributed by atoms with E-state index in [1.54, 1.807) is 0 Å². The van der Waals surface area contributed by atoms with Gasteiger partial charge in [0.1, 0.15) is 0 Å². The van der Waals surface area contributed by atoms with Crippen molar-refractivity contribution in [2.24, 2.45) is 0 Å². The van der Waals surface area contributed by atoms with Crippen LogP contribution in [0.5, 0.6) is 0 Å². The predicted molar refractivity (Wildman–Crippen MR) is 110 cm³/mol. The van der Waals surface area contributed by atoms with Crippen LogP contribution in [0.2, 0.25) is 0 Å². The summed E-state index contributed by atoms with van der Waals surface area (Å²) in [7, 11) is 0. The van der Waals surface area contributed by atoms with Crippen LogP contribution in [-0.4, -0.2) is 33.4 Å². The molecule has 0 aliphatic carbocycles. The summed E-state index contributed by atoms with van der Waals surface area (Å²) < 4.78 is 1.01. The fourth-order valence-electron chi connectivity index (χ4n) is 3.47. The second-order valence-corrected chi connectivity index (χ2v) is 7.84. The Morgan fingerprint density at radius 2 is 2.00 bits per heavy atom. The Hall–Kier alpha value is -2.47. The monoisotopic (exact) mass is 424 g/mol. The summed E-state index contributed by atoms with van der Waals surface area (Å²) in [5.41, 5.74) is 2.99. The first kappa shape index (κ1) is 17.9. The van der Waals surface area contributed by atoms with Gasteiger partial charge in [0.05, 0.1) is 11.2 Å². The van der Waals surface area contributed by atoms with Gasteiger partial charge in [-0.3, -0.25) is 4.79 Å². The number of aryl methyl sites for hydroxylation is 1. The maximum Gasteiger partial charge on any atom is 0.224 e. The number of nitrogens with zero attached hydrogens (tertiary/aromatic N) is 3. The SMILES string of the molecule is Cc1nc(NC2CCN(Cc3ccccc3)C(=O)C2)nc2ccc(Br)cc12. The smallest absolute Gasteiger partial charge is 0.224 e. The number of amides is 1. The quantitative estimate of drug-likeness (QED) is 0.677. The first-order valence-corrected chi connectivity index (χ1v) is 9.90. The van der Waals surface area contributed by atoms with E-state index < -0.39 is 0 Å². The van der Waals surface area contributed by atoms with Gasteiger partial charge in [-0.1, -0.05) is 46.3 Å². The minimum atomic E-state index is 0.0665. The molecule has 0 bridgehead atoms. The number of hydrogen-bond donors (Lipinski definition) is 1. The second-order valence-electron chi connectivity index (χ2n) is 6.93. The first-order valence-electron chi connectivity index (χ1n) is 9.10. The van der Waals surface area contributed by atoms with E-state index in [2.05, 4.69) is 43.3 Å². The Bertz CT molecular complexity index is 977. The summed E-state index contributed by atoms with van der Waals surface area (Å²) in [6.07, 6.45) is 1.35. The number of aromatic nitrogens is 2. The molecule has 2 aromatic carbocycles. The highest BCUT2D eigenvalue weighted by Gasteiger charge is 2.26. The molecule has 5 nitrogen and oxygen atoms in total. The lowest BCUT2D eigenvalue weighted by Gasteiger charge is -2.32. The van der Waals surface area contributed by atoms with Crippen LogP contribution in [-0.2, 0) is 11.3 Å². The molecule has 6 heteroatoms. The van der Waals surface area contributed by atoms with Crippen molar-refractivity contribution < 1.29 is 4.79 Å². The molecule has 1 atom stereocenters. The van der Waals surface area contributed by atoms with Crippen molar-refractivity contribution in [2.45, 2.75) is 32.4 Å². The Morgan fingerprint density at radius 1 is 1.19 bits per heavy atom. The lowest BCUT2D eigenvalue weighted by Crippen LogP contribution is -2.43. The van der Waals surface area contributed by atoms with E-state index >= 15 is 0 Å². The minimum absolute atomic E-state index is 0.0665. The molecule has 0 spiro atoms. The third-order valence-corrected chi connectivity index (χ3v) is 5.41. The predicted octanol–water partition coefficient (Wildman–Crippen LogP) is 4.30. The van der Waals surface area contributed by atoms with E-state index in [1.165, 1.54) is 0 Å². The largest absolute Gasteiger partial charge is 0.351 e. The topological polar surface area (TPSA) is 58.1 Å². The lowest BCUT2D eigenvalue weighted by atomic mass is 10.0. The molecule has 1 fully saturated rings. The number of piperidine rings is 1. The number of likely N-dealkylation sites (tertiary alicyclic amines) is 1. The molecule has 138 valence electrons. The van der Waals surface area contributed by atoms with Crippen molar-refractivity contribution in [3.63, 3.8) is 0 Å². The summed E-state index contributed by atoms with van der Waals surface area (Å²) >= 11 is 3.49. The maximum atomic E-state index is 12.6. The molecule has 0 saturated carbocycles. The van der Waals surface area contributed by atoms with Crippen LogP contribution >= 0.6 is 15.9 Å². The van der Waals surface area contributed by atoms with E-state index in [0.29, 0.717) is 18.9 Å². The number of nitrogens with one attached hydrogen (secondary N) is 1. The van der Waals surface area contributed by atoms with Gasteiger partial charge in [-0.2, -0.15) is 0 Å². The highest BCUT2D eigenvalue weighted by molar-refractivity contribution is 9.10. The van der Waals surface area contributed by atoms with Crippen LogP contribution in [0, 0.1) is 6.92 Å². The highest BCUT2D eigenvalue weighted by atomic mass is 79.9. The van der Waals surface area contributed by atoms with E-state index in [0.717, 1.165) is 39.6 Å². The van der Waals surface area contributed by atoms with Crippen molar-refractivity contribution in [2.75, 3.05) is 11.9 Å². The number of carbonyl (C=O) groups excluding carboxylic acids is 1. The molecule has 0 radical (unpaired) electrons. The molecule has 1 amide bonds. The summed E-state index contributed by atoms with van der Waals surface area (Å²) in [5.74, 6) is 0.765. The molecule has 1 aliphatic rings. The number of carbonyl (C=O) groups is 1. The van der Waals surface area contributed by atoms with Gasteiger partial charge in [-0.25, -0.2) is 9.97 Å². The van der Waals surface area contributed by atoms with Crippen molar-refractivity contribution in [1.29, 1.82) is 0 Å². The van der Waals surface area contributed by atoms with E-state index in [9.17, 15) is 4.79 Å². The van der Waals surface area contributed by atoms with Crippen LogP contribution in [0.25, 0.3) is 10.9 Å². The third kappa shape index (κ3) is 4.11. The summed E-state index contributed by atoms with van der Waals surface area (Å²) in [4.78, 5) is 23.7. The number of fused-ring (bicyclic) bond motifs is 1. The molecule has 2 heterocycles. The first-order chi connectivity index (χ1) is 13.1. The fraction of sp³-hybridized carbons (Fsp3) is 0.286. The Labute approximate surface area is 166 Å². The van der Waals surface area contributed by atoms with Crippen LogP contribution in [0.15, 0.2) is 53.0 Å². The lowest BCUT2D eigenvalue weighted by molar-refractivity contribution is -0.134. The molecule has 3 aromatic rings. The van der Waals surface area contributed by atoms with E-state index in [1.807, 2.05) is 48.2 Å². The van der Waals surface area contributed by atoms with Crippen molar-refractivity contribution in [3.05, 3.63) is 64.3 Å². The molecule has 27 heavy (non-hydrogen) atoms. The second kappa shape index (κ2) is 7.64. The van der Waals surface area contributed by atoms with Gasteiger partial charge in [-0.05, 0) is 37.1 Å². The number of rotatable bonds is 4. The zero-order chi connectivity index (χ0) is 18.8. The summed E-state index contributed by atoms with van der Waals surface area (Å²) in [6, 6.07) is 16.2. The Balaban J connectivity index is 1.43. The van der Waals surface area contributed by atoms with Crippen molar-refractivity contribution in [1.82, 2.24) is 14.9 Å².